The molecule has 0 aromatic carbocycles. The highest BCUT2D eigenvalue weighted by atomic mass is 15.1. The third-order valence-corrected chi connectivity index (χ3v) is 4.17. The first-order valence-corrected chi connectivity index (χ1v) is 7.15. The van der Waals surface area contributed by atoms with Crippen molar-refractivity contribution in [2.24, 2.45) is 0 Å². The van der Waals surface area contributed by atoms with Crippen LogP contribution in [0, 0.1) is 0 Å². The molecule has 3 heterocycles. The van der Waals surface area contributed by atoms with E-state index >= 15 is 0 Å². The lowest BCUT2D eigenvalue weighted by Crippen LogP contribution is -3.10. The van der Waals surface area contributed by atoms with Crippen molar-refractivity contribution in [3.8, 4) is 11.3 Å². The van der Waals surface area contributed by atoms with Crippen LogP contribution in [0.15, 0.2) is 42.9 Å². The van der Waals surface area contributed by atoms with Crippen molar-refractivity contribution in [3.63, 3.8) is 0 Å². The van der Waals surface area contributed by atoms with Gasteiger partial charge in [-0.05, 0) is 25.0 Å². The topological polar surface area (TPSA) is 32.7 Å². The number of likely N-dealkylation sites (tertiary alicyclic amines) is 1. The fourth-order valence-electron chi connectivity index (χ4n) is 3.02. The van der Waals surface area contributed by atoms with Crippen LogP contribution in [-0.2, 0) is 0 Å². The van der Waals surface area contributed by atoms with Gasteiger partial charge in [0.15, 0.2) is 18.6 Å². The highest BCUT2D eigenvalue weighted by Gasteiger charge is 2.26. The van der Waals surface area contributed by atoms with Gasteiger partial charge in [0.25, 0.3) is 0 Å². The van der Waals surface area contributed by atoms with Crippen LogP contribution in [0.1, 0.15) is 30.9 Å². The SMILES string of the molecule is C[NH+]1CCCCC1c1ccc(-c2ccc[nH+]c2)[nH+]c1. The molecule has 0 amide bonds. The third-order valence-electron chi connectivity index (χ3n) is 4.17. The van der Waals surface area contributed by atoms with Gasteiger partial charge in [-0.15, -0.1) is 0 Å². The molecule has 1 aliphatic rings. The summed E-state index contributed by atoms with van der Waals surface area (Å²) in [6, 6.07) is 9.26. The Bertz CT molecular complexity index is 521. The van der Waals surface area contributed by atoms with Crippen molar-refractivity contribution < 1.29 is 14.9 Å². The molecule has 2 aromatic heterocycles. The first kappa shape index (κ1) is 12.3. The number of nitrogens with one attached hydrogen (secondary N) is 3. The Labute approximate surface area is 114 Å². The summed E-state index contributed by atoms with van der Waals surface area (Å²) in [5, 5.41) is 0. The van der Waals surface area contributed by atoms with Gasteiger partial charge in [0.05, 0.1) is 19.2 Å². The number of aromatic amines is 2. The van der Waals surface area contributed by atoms with E-state index in [4.69, 9.17) is 0 Å². The number of hydrogen-bond donors (Lipinski definition) is 1. The Balaban J connectivity index is 1.83. The molecule has 0 radical (unpaired) electrons. The lowest BCUT2D eigenvalue weighted by molar-refractivity contribution is -0.918. The van der Waals surface area contributed by atoms with Crippen LogP contribution in [0.2, 0.25) is 0 Å². The minimum absolute atomic E-state index is 0.654. The predicted molar refractivity (Wildman–Crippen MR) is 73.3 cm³/mol. The van der Waals surface area contributed by atoms with Crippen LogP contribution in [0.3, 0.4) is 0 Å². The lowest BCUT2D eigenvalue weighted by atomic mass is 9.97. The highest BCUT2D eigenvalue weighted by molar-refractivity contribution is 5.53. The Kier molecular flexibility index (Phi) is 3.56. The van der Waals surface area contributed by atoms with Crippen molar-refractivity contribution in [1.29, 1.82) is 0 Å². The van der Waals surface area contributed by atoms with Gasteiger partial charge < -0.3 is 4.90 Å². The second kappa shape index (κ2) is 5.49. The van der Waals surface area contributed by atoms with E-state index in [1.165, 1.54) is 36.9 Å². The molecule has 1 aliphatic heterocycles. The molecule has 19 heavy (non-hydrogen) atoms. The van der Waals surface area contributed by atoms with Crippen LogP contribution in [-0.4, -0.2) is 13.6 Å². The minimum atomic E-state index is 0.654. The fourth-order valence-corrected chi connectivity index (χ4v) is 3.02. The molecule has 3 heteroatoms. The molecule has 98 valence electrons. The number of H-pyrrole nitrogens is 2. The van der Waals surface area contributed by atoms with E-state index in [1.807, 2.05) is 18.5 Å². The zero-order chi connectivity index (χ0) is 13.1. The van der Waals surface area contributed by atoms with Gasteiger partial charge in [0.2, 0.25) is 5.69 Å². The van der Waals surface area contributed by atoms with Crippen molar-refractivity contribution in [2.45, 2.75) is 25.3 Å². The summed E-state index contributed by atoms with van der Waals surface area (Å²) in [7, 11) is 2.31. The molecule has 0 saturated carbocycles. The minimum Gasteiger partial charge on any atom is -0.331 e. The van der Waals surface area contributed by atoms with Gasteiger partial charge in [-0.3, -0.25) is 0 Å². The number of piperidine rings is 1. The summed E-state index contributed by atoms with van der Waals surface area (Å²) < 4.78 is 0. The van der Waals surface area contributed by atoms with Crippen LogP contribution in [0.5, 0.6) is 0 Å². The van der Waals surface area contributed by atoms with E-state index < -0.39 is 0 Å². The Morgan fingerprint density at radius 2 is 2.11 bits per heavy atom. The molecular weight excluding hydrogens is 234 g/mol. The largest absolute Gasteiger partial charge is 0.331 e. The molecule has 0 aliphatic carbocycles. The zero-order valence-electron chi connectivity index (χ0n) is 11.4. The van der Waals surface area contributed by atoms with Crippen LogP contribution < -0.4 is 14.9 Å². The second-order valence-corrected chi connectivity index (χ2v) is 5.47. The summed E-state index contributed by atoms with van der Waals surface area (Å²) >= 11 is 0. The Morgan fingerprint density at radius 1 is 1.16 bits per heavy atom. The molecule has 2 aromatic rings. The second-order valence-electron chi connectivity index (χ2n) is 5.47. The molecule has 0 bridgehead atoms. The highest BCUT2D eigenvalue weighted by Crippen LogP contribution is 2.19. The standard InChI is InChI=1S/C16H19N3/c1-19-10-3-2-6-16(19)14-7-8-15(18-12-14)13-5-4-9-17-11-13/h4-5,7-9,11-12,16H,2-3,6,10H2,1H3/p+3. The van der Waals surface area contributed by atoms with Crippen LogP contribution in [0.4, 0.5) is 0 Å². The maximum absolute atomic E-state index is 3.44. The predicted octanol–water partition coefficient (Wildman–Crippen LogP) is 0.722. The van der Waals surface area contributed by atoms with Gasteiger partial charge in [0, 0.05) is 18.6 Å². The maximum atomic E-state index is 3.44. The van der Waals surface area contributed by atoms with Crippen molar-refractivity contribution >= 4 is 0 Å². The van der Waals surface area contributed by atoms with Gasteiger partial charge in [-0.1, -0.05) is 0 Å². The average molecular weight is 256 g/mol. The normalized spacial score (nSPS) is 23.2. The lowest BCUT2D eigenvalue weighted by Gasteiger charge is -2.28. The fraction of sp³-hybridized carbons (Fsp3) is 0.375. The van der Waals surface area contributed by atoms with E-state index in [1.54, 1.807) is 4.90 Å². The molecule has 3 rings (SSSR count). The van der Waals surface area contributed by atoms with Crippen LogP contribution >= 0.6 is 0 Å². The van der Waals surface area contributed by atoms with E-state index in [2.05, 4.69) is 41.4 Å². The molecule has 3 N–H and O–H groups in total. The smallest absolute Gasteiger partial charge is 0.216 e. The number of hydrogen-bond acceptors (Lipinski definition) is 0. The van der Waals surface area contributed by atoms with Crippen molar-refractivity contribution in [3.05, 3.63) is 48.4 Å². The Morgan fingerprint density at radius 3 is 2.79 bits per heavy atom. The molecule has 2 atom stereocenters. The van der Waals surface area contributed by atoms with E-state index in [-0.39, 0.29) is 0 Å². The van der Waals surface area contributed by atoms with E-state index in [0.717, 1.165) is 5.69 Å². The van der Waals surface area contributed by atoms with Gasteiger partial charge in [0.1, 0.15) is 11.6 Å². The number of pyridine rings is 2. The average Bonchev–Trinajstić information content (AvgIpc) is 2.49. The first-order valence-electron chi connectivity index (χ1n) is 7.15. The molecule has 1 fully saturated rings. The van der Waals surface area contributed by atoms with E-state index in [9.17, 15) is 0 Å². The Hall–Kier alpha value is -1.74. The van der Waals surface area contributed by atoms with Gasteiger partial charge in [-0.25, -0.2) is 9.97 Å². The summed E-state index contributed by atoms with van der Waals surface area (Å²) in [6.07, 6.45) is 10.2. The van der Waals surface area contributed by atoms with Gasteiger partial charge in [-0.2, -0.15) is 0 Å². The summed E-state index contributed by atoms with van der Waals surface area (Å²) in [4.78, 5) is 8.20. The van der Waals surface area contributed by atoms with Crippen LogP contribution in [0.25, 0.3) is 11.3 Å². The first-order chi connectivity index (χ1) is 9.34. The summed E-state index contributed by atoms with van der Waals surface area (Å²) in [5.41, 5.74) is 3.79. The monoisotopic (exact) mass is 256 g/mol. The summed E-state index contributed by atoms with van der Waals surface area (Å²) in [5.74, 6) is 0. The van der Waals surface area contributed by atoms with E-state index in [0.29, 0.717) is 6.04 Å². The summed E-state index contributed by atoms with van der Waals surface area (Å²) in [6.45, 7) is 1.29. The number of aromatic nitrogens is 2. The molecule has 3 nitrogen and oxygen atoms in total. The molecule has 1 saturated heterocycles. The maximum Gasteiger partial charge on any atom is 0.216 e. The molecular formula is C16H22N3+3. The zero-order valence-corrected chi connectivity index (χ0v) is 11.4. The number of quaternary nitrogens is 1. The molecule has 0 spiro atoms. The quantitative estimate of drug-likeness (QED) is 0.821. The number of rotatable bonds is 2. The van der Waals surface area contributed by atoms with Gasteiger partial charge >= 0.3 is 0 Å². The third kappa shape index (κ3) is 2.66. The van der Waals surface area contributed by atoms with Crippen molar-refractivity contribution in [1.82, 2.24) is 0 Å². The van der Waals surface area contributed by atoms with Crippen molar-refractivity contribution in [2.75, 3.05) is 13.6 Å². The molecule has 2 unspecified atom stereocenters.